The van der Waals surface area contributed by atoms with Crippen molar-refractivity contribution in [1.29, 1.82) is 0 Å². The van der Waals surface area contributed by atoms with Crippen molar-refractivity contribution < 1.29 is 14.0 Å². The molecule has 0 aromatic carbocycles. The van der Waals surface area contributed by atoms with Crippen LogP contribution in [0.2, 0.25) is 0 Å². The van der Waals surface area contributed by atoms with Gasteiger partial charge in [0.1, 0.15) is 6.10 Å². The molecule has 1 N–H and O–H groups in total. The topological polar surface area (TPSA) is 69.4 Å². The van der Waals surface area contributed by atoms with Crippen LogP contribution in [0.5, 0.6) is 0 Å². The molecule has 3 rings (SSSR count). The summed E-state index contributed by atoms with van der Waals surface area (Å²) in [6.45, 7) is 2.50. The number of hydrogen-bond acceptors (Lipinski definition) is 6. The highest BCUT2D eigenvalue weighted by Gasteiger charge is 2.35. The molecule has 100 valence electrons. The first kappa shape index (κ1) is 12.1. The summed E-state index contributed by atoms with van der Waals surface area (Å²) in [6.07, 6.45) is 3.18. The molecule has 1 saturated heterocycles. The number of ether oxygens (including phenoxy) is 2. The SMILES string of the molecule is COC(c1noc(CC2CNCCO2)n1)C1CC1. The van der Waals surface area contributed by atoms with Crippen LogP contribution < -0.4 is 5.32 Å². The van der Waals surface area contributed by atoms with Gasteiger partial charge in [-0.3, -0.25) is 0 Å². The largest absolute Gasteiger partial charge is 0.375 e. The van der Waals surface area contributed by atoms with E-state index in [0.29, 0.717) is 24.1 Å². The Morgan fingerprint density at radius 1 is 1.50 bits per heavy atom. The van der Waals surface area contributed by atoms with Crippen molar-refractivity contribution in [2.24, 2.45) is 5.92 Å². The normalized spacial score (nSPS) is 26.2. The minimum atomic E-state index is -0.00657. The van der Waals surface area contributed by atoms with E-state index in [2.05, 4.69) is 15.5 Å². The van der Waals surface area contributed by atoms with E-state index < -0.39 is 0 Å². The van der Waals surface area contributed by atoms with E-state index in [1.54, 1.807) is 7.11 Å². The number of hydrogen-bond donors (Lipinski definition) is 1. The molecule has 2 unspecified atom stereocenters. The van der Waals surface area contributed by atoms with Crippen LogP contribution in [0.15, 0.2) is 4.52 Å². The van der Waals surface area contributed by atoms with E-state index in [0.717, 1.165) is 19.7 Å². The maximum Gasteiger partial charge on any atom is 0.229 e. The molecule has 0 bridgehead atoms. The predicted octanol–water partition coefficient (Wildman–Crippen LogP) is 0.698. The lowest BCUT2D eigenvalue weighted by Crippen LogP contribution is -2.39. The molecule has 18 heavy (non-hydrogen) atoms. The van der Waals surface area contributed by atoms with Gasteiger partial charge >= 0.3 is 0 Å². The Morgan fingerprint density at radius 2 is 2.39 bits per heavy atom. The zero-order valence-corrected chi connectivity index (χ0v) is 10.6. The average Bonchev–Trinajstić information content (AvgIpc) is 3.13. The second kappa shape index (κ2) is 5.34. The maximum absolute atomic E-state index is 5.62. The number of rotatable bonds is 5. The van der Waals surface area contributed by atoms with Gasteiger partial charge in [-0.25, -0.2) is 0 Å². The molecule has 0 radical (unpaired) electrons. The summed E-state index contributed by atoms with van der Waals surface area (Å²) in [7, 11) is 1.70. The van der Waals surface area contributed by atoms with Gasteiger partial charge in [-0.1, -0.05) is 5.16 Å². The Morgan fingerprint density at radius 3 is 3.06 bits per heavy atom. The van der Waals surface area contributed by atoms with Gasteiger partial charge in [0, 0.05) is 20.2 Å². The van der Waals surface area contributed by atoms with E-state index in [1.165, 1.54) is 12.8 Å². The smallest absolute Gasteiger partial charge is 0.229 e. The molecular formula is C12H19N3O3. The average molecular weight is 253 g/mol. The zero-order chi connectivity index (χ0) is 12.4. The van der Waals surface area contributed by atoms with Crippen LogP contribution >= 0.6 is 0 Å². The fourth-order valence-electron chi connectivity index (χ4n) is 2.32. The van der Waals surface area contributed by atoms with Gasteiger partial charge in [-0.15, -0.1) is 0 Å². The Labute approximate surface area is 106 Å². The fourth-order valence-corrected chi connectivity index (χ4v) is 2.32. The van der Waals surface area contributed by atoms with Crippen molar-refractivity contribution in [2.45, 2.75) is 31.5 Å². The second-order valence-corrected chi connectivity index (χ2v) is 4.94. The quantitative estimate of drug-likeness (QED) is 0.833. The van der Waals surface area contributed by atoms with Gasteiger partial charge in [0.2, 0.25) is 11.7 Å². The second-order valence-electron chi connectivity index (χ2n) is 4.94. The van der Waals surface area contributed by atoms with Crippen molar-refractivity contribution in [3.63, 3.8) is 0 Å². The third kappa shape index (κ3) is 2.71. The zero-order valence-electron chi connectivity index (χ0n) is 10.6. The number of aromatic nitrogens is 2. The molecule has 1 aromatic rings. The summed E-state index contributed by atoms with van der Waals surface area (Å²) in [5.74, 6) is 1.88. The van der Waals surface area contributed by atoms with Gasteiger partial charge in [-0.2, -0.15) is 4.98 Å². The lowest BCUT2D eigenvalue weighted by molar-refractivity contribution is 0.0246. The van der Waals surface area contributed by atoms with Gasteiger partial charge in [0.25, 0.3) is 0 Å². The number of methoxy groups -OCH3 is 1. The highest BCUT2D eigenvalue weighted by Crippen LogP contribution is 2.41. The van der Waals surface area contributed by atoms with Crippen LogP contribution in [0.25, 0.3) is 0 Å². The third-order valence-corrected chi connectivity index (χ3v) is 3.45. The van der Waals surface area contributed by atoms with Crippen molar-refractivity contribution in [1.82, 2.24) is 15.5 Å². The van der Waals surface area contributed by atoms with E-state index >= 15 is 0 Å². The first-order valence-corrected chi connectivity index (χ1v) is 6.54. The van der Waals surface area contributed by atoms with Crippen LogP contribution in [0.4, 0.5) is 0 Å². The van der Waals surface area contributed by atoms with Crippen molar-refractivity contribution >= 4 is 0 Å². The van der Waals surface area contributed by atoms with E-state index in [-0.39, 0.29) is 12.2 Å². The molecule has 2 aliphatic rings. The van der Waals surface area contributed by atoms with Gasteiger partial charge in [-0.05, 0) is 18.8 Å². The fraction of sp³-hybridized carbons (Fsp3) is 0.833. The van der Waals surface area contributed by atoms with Crippen LogP contribution in [0.3, 0.4) is 0 Å². The third-order valence-electron chi connectivity index (χ3n) is 3.45. The molecule has 2 atom stereocenters. The summed E-state index contributed by atoms with van der Waals surface area (Å²) < 4.78 is 16.3. The Balaban J connectivity index is 1.61. The predicted molar refractivity (Wildman–Crippen MR) is 63.1 cm³/mol. The minimum absolute atomic E-state index is 0.00657. The molecule has 6 nitrogen and oxygen atoms in total. The van der Waals surface area contributed by atoms with Crippen LogP contribution in [-0.2, 0) is 15.9 Å². The molecule has 2 fully saturated rings. The van der Waals surface area contributed by atoms with Crippen LogP contribution in [0, 0.1) is 5.92 Å². The lowest BCUT2D eigenvalue weighted by atomic mass is 10.2. The van der Waals surface area contributed by atoms with Crippen molar-refractivity contribution in [3.8, 4) is 0 Å². The highest BCUT2D eigenvalue weighted by molar-refractivity contribution is 4.99. The molecule has 1 aromatic heterocycles. The number of morpholine rings is 1. The summed E-state index contributed by atoms with van der Waals surface area (Å²) in [5, 5.41) is 7.31. The Bertz CT molecular complexity index is 386. The van der Waals surface area contributed by atoms with Crippen LogP contribution in [0.1, 0.15) is 30.7 Å². The Hall–Kier alpha value is -0.980. The first-order chi connectivity index (χ1) is 8.86. The van der Waals surface area contributed by atoms with E-state index in [4.69, 9.17) is 14.0 Å². The molecule has 0 amide bonds. The van der Waals surface area contributed by atoms with Crippen LogP contribution in [-0.4, -0.2) is 43.1 Å². The molecule has 1 saturated carbocycles. The van der Waals surface area contributed by atoms with E-state index in [1.807, 2.05) is 0 Å². The summed E-state index contributed by atoms with van der Waals surface area (Å²) in [5.41, 5.74) is 0. The maximum atomic E-state index is 5.62. The van der Waals surface area contributed by atoms with Gasteiger partial charge in [0.05, 0.1) is 19.1 Å². The molecule has 6 heteroatoms. The summed E-state index contributed by atoms with van der Waals surface area (Å²) >= 11 is 0. The number of nitrogens with one attached hydrogen (secondary N) is 1. The summed E-state index contributed by atoms with van der Waals surface area (Å²) in [4.78, 5) is 4.43. The lowest BCUT2D eigenvalue weighted by Gasteiger charge is -2.21. The molecule has 1 aliphatic carbocycles. The van der Waals surface area contributed by atoms with Crippen molar-refractivity contribution in [2.75, 3.05) is 26.8 Å². The Kier molecular flexibility index (Phi) is 3.58. The van der Waals surface area contributed by atoms with E-state index in [9.17, 15) is 0 Å². The molecule has 2 heterocycles. The molecular weight excluding hydrogens is 234 g/mol. The monoisotopic (exact) mass is 253 g/mol. The summed E-state index contributed by atoms with van der Waals surface area (Å²) in [6, 6.07) is 0. The number of nitrogens with zero attached hydrogens (tertiary/aromatic N) is 2. The van der Waals surface area contributed by atoms with Gasteiger partial charge < -0.3 is 19.3 Å². The highest BCUT2D eigenvalue weighted by atomic mass is 16.5. The van der Waals surface area contributed by atoms with Gasteiger partial charge in [0.15, 0.2) is 0 Å². The minimum Gasteiger partial charge on any atom is -0.375 e. The standard InChI is InChI=1S/C12H19N3O3/c1-16-11(8-2-3-8)12-14-10(18-15-12)6-9-7-13-4-5-17-9/h8-9,11,13H,2-7H2,1H3. The molecule has 0 spiro atoms. The van der Waals surface area contributed by atoms with Crippen molar-refractivity contribution in [3.05, 3.63) is 11.7 Å². The first-order valence-electron chi connectivity index (χ1n) is 6.54. The molecule has 1 aliphatic heterocycles.